The van der Waals surface area contributed by atoms with E-state index in [9.17, 15) is 8.42 Å². The highest BCUT2D eigenvalue weighted by Gasteiger charge is 2.27. The Labute approximate surface area is 120 Å². The highest BCUT2D eigenvalue weighted by molar-refractivity contribution is 7.89. The van der Waals surface area contributed by atoms with Crippen molar-refractivity contribution >= 4 is 21.4 Å². The van der Waals surface area contributed by atoms with Crippen molar-refractivity contribution in [1.82, 2.24) is 9.62 Å². The summed E-state index contributed by atoms with van der Waals surface area (Å²) in [4.78, 5) is 2.39. The maximum atomic E-state index is 12.6. The zero-order valence-corrected chi connectivity index (χ0v) is 14.0. The third-order valence-electron chi connectivity index (χ3n) is 2.81. The molecule has 0 atom stereocenters. The topological polar surface area (TPSA) is 49.4 Å². The quantitative estimate of drug-likeness (QED) is 0.842. The van der Waals surface area contributed by atoms with Gasteiger partial charge in [0, 0.05) is 29.4 Å². The van der Waals surface area contributed by atoms with Gasteiger partial charge in [0.15, 0.2) is 0 Å². The van der Waals surface area contributed by atoms with Crippen LogP contribution >= 0.6 is 11.3 Å². The molecule has 0 fully saturated rings. The summed E-state index contributed by atoms with van der Waals surface area (Å²) in [6.45, 7) is 9.61. The Bertz CT molecular complexity index is 507. The summed E-state index contributed by atoms with van der Waals surface area (Å²) in [6, 6.07) is 1.80. The van der Waals surface area contributed by atoms with Crippen molar-refractivity contribution in [2.75, 3.05) is 20.1 Å². The number of hydrogen-bond acceptors (Lipinski definition) is 4. The maximum absolute atomic E-state index is 12.6. The lowest BCUT2D eigenvalue weighted by Crippen LogP contribution is -2.34. The number of hydrogen-bond donors (Lipinski definition) is 1. The molecule has 0 radical (unpaired) electrons. The van der Waals surface area contributed by atoms with Crippen LogP contribution in [0.25, 0.3) is 0 Å². The first-order valence-corrected chi connectivity index (χ1v) is 8.82. The molecule has 1 N–H and O–H groups in total. The Balaban J connectivity index is 3.10. The van der Waals surface area contributed by atoms with E-state index in [0.29, 0.717) is 30.4 Å². The predicted molar refractivity (Wildman–Crippen MR) is 81.1 cm³/mol. The monoisotopic (exact) mass is 304 g/mol. The van der Waals surface area contributed by atoms with Crippen LogP contribution in [0.4, 0.5) is 0 Å². The van der Waals surface area contributed by atoms with Crippen molar-refractivity contribution in [1.29, 1.82) is 0 Å². The molecule has 0 saturated heterocycles. The van der Waals surface area contributed by atoms with Gasteiger partial charge >= 0.3 is 0 Å². The van der Waals surface area contributed by atoms with Gasteiger partial charge in [0.25, 0.3) is 0 Å². The number of aryl methyl sites for hydroxylation is 1. The third kappa shape index (κ3) is 4.02. The molecule has 0 aromatic carbocycles. The third-order valence-corrected chi connectivity index (χ3v) is 6.06. The second-order valence-corrected chi connectivity index (χ2v) is 8.26. The molecule has 1 aromatic heterocycles. The average Bonchev–Trinajstić information content (AvgIpc) is 2.68. The lowest BCUT2D eigenvalue weighted by Gasteiger charge is -2.22. The first kappa shape index (κ1) is 16.6. The summed E-state index contributed by atoms with van der Waals surface area (Å²) in [5, 5.41) is 3.05. The molecule has 0 unspecified atom stereocenters. The summed E-state index contributed by atoms with van der Waals surface area (Å²) in [7, 11) is -1.50. The van der Waals surface area contributed by atoms with Crippen molar-refractivity contribution in [3.63, 3.8) is 0 Å². The van der Waals surface area contributed by atoms with Crippen molar-refractivity contribution in [2.45, 2.75) is 39.1 Å². The molecule has 1 heterocycles. The van der Waals surface area contributed by atoms with Crippen molar-refractivity contribution in [3.8, 4) is 0 Å². The first-order chi connectivity index (χ1) is 8.82. The van der Waals surface area contributed by atoms with Crippen LogP contribution in [0.2, 0.25) is 0 Å². The molecule has 0 amide bonds. The minimum absolute atomic E-state index is 0.324. The summed E-state index contributed by atoms with van der Waals surface area (Å²) >= 11 is 1.54. The molecular weight excluding hydrogens is 280 g/mol. The van der Waals surface area contributed by atoms with Gasteiger partial charge in [0.05, 0.1) is 4.90 Å². The first-order valence-electron chi connectivity index (χ1n) is 6.57. The van der Waals surface area contributed by atoms with E-state index < -0.39 is 10.0 Å². The smallest absolute Gasteiger partial charge is 0.244 e. The Kier molecular flexibility index (Phi) is 5.98. The molecule has 0 aliphatic carbocycles. The standard InChI is InChI=1S/C13H24N2O2S2/c1-6-15(9-10(2)3)19(16,17)13-7-12(8-14-5)18-11(13)4/h7,10,14H,6,8-9H2,1-5H3. The van der Waals surface area contributed by atoms with Crippen LogP contribution in [-0.2, 0) is 16.6 Å². The second-order valence-electron chi connectivity index (χ2n) is 5.01. The van der Waals surface area contributed by atoms with Gasteiger partial charge in [-0.25, -0.2) is 8.42 Å². The molecule has 1 aromatic rings. The lowest BCUT2D eigenvalue weighted by molar-refractivity contribution is 0.381. The number of rotatable bonds is 7. The Hall–Kier alpha value is -0.430. The van der Waals surface area contributed by atoms with Gasteiger partial charge in [0.1, 0.15) is 0 Å². The summed E-state index contributed by atoms with van der Waals surface area (Å²) in [5.74, 6) is 0.324. The van der Waals surface area contributed by atoms with Gasteiger partial charge < -0.3 is 5.32 Å². The molecule has 0 aliphatic rings. The lowest BCUT2D eigenvalue weighted by atomic mass is 10.2. The SMILES string of the molecule is CCN(CC(C)C)S(=O)(=O)c1cc(CNC)sc1C. The largest absolute Gasteiger partial charge is 0.315 e. The van der Waals surface area contributed by atoms with Crippen LogP contribution < -0.4 is 5.32 Å². The predicted octanol–water partition coefficient (Wildman–Crippen LogP) is 2.44. The fourth-order valence-corrected chi connectivity index (χ4v) is 5.21. The van der Waals surface area contributed by atoms with Crippen LogP contribution in [0.5, 0.6) is 0 Å². The molecular formula is C13H24N2O2S2. The van der Waals surface area contributed by atoms with E-state index >= 15 is 0 Å². The van der Waals surface area contributed by atoms with Crippen molar-refractivity contribution in [2.24, 2.45) is 5.92 Å². The maximum Gasteiger partial charge on any atom is 0.244 e. The molecule has 0 bridgehead atoms. The molecule has 0 spiro atoms. The summed E-state index contributed by atoms with van der Waals surface area (Å²) < 4.78 is 26.9. The fourth-order valence-electron chi connectivity index (χ4n) is 1.99. The molecule has 0 aliphatic heterocycles. The molecule has 6 heteroatoms. The average molecular weight is 304 g/mol. The molecule has 0 saturated carbocycles. The zero-order valence-electron chi connectivity index (χ0n) is 12.4. The fraction of sp³-hybridized carbons (Fsp3) is 0.692. The Morgan fingerprint density at radius 1 is 1.42 bits per heavy atom. The van der Waals surface area contributed by atoms with Gasteiger partial charge in [-0.05, 0) is 26.0 Å². The van der Waals surface area contributed by atoms with Gasteiger partial charge in [-0.3, -0.25) is 0 Å². The molecule has 110 valence electrons. The number of nitrogens with one attached hydrogen (secondary N) is 1. The van der Waals surface area contributed by atoms with E-state index in [1.54, 1.807) is 21.7 Å². The van der Waals surface area contributed by atoms with Crippen molar-refractivity contribution < 1.29 is 8.42 Å². The molecule has 19 heavy (non-hydrogen) atoms. The summed E-state index contributed by atoms with van der Waals surface area (Å²) in [6.07, 6.45) is 0. The van der Waals surface area contributed by atoms with Crippen LogP contribution in [-0.4, -0.2) is 32.9 Å². The van der Waals surface area contributed by atoms with E-state index in [0.717, 1.165) is 9.75 Å². The van der Waals surface area contributed by atoms with Crippen LogP contribution in [0.15, 0.2) is 11.0 Å². The number of sulfonamides is 1. The minimum atomic E-state index is -3.36. The van der Waals surface area contributed by atoms with Crippen LogP contribution in [0, 0.1) is 12.8 Å². The van der Waals surface area contributed by atoms with E-state index in [1.165, 1.54) is 0 Å². The normalized spacial score (nSPS) is 12.6. The van der Waals surface area contributed by atoms with Gasteiger partial charge in [-0.1, -0.05) is 20.8 Å². The van der Waals surface area contributed by atoms with Crippen molar-refractivity contribution in [3.05, 3.63) is 15.8 Å². The van der Waals surface area contributed by atoms with E-state index in [2.05, 4.69) is 5.32 Å². The van der Waals surface area contributed by atoms with Crippen LogP contribution in [0.3, 0.4) is 0 Å². The second kappa shape index (κ2) is 6.83. The Morgan fingerprint density at radius 2 is 2.05 bits per heavy atom. The number of nitrogens with zero attached hydrogens (tertiary/aromatic N) is 1. The van der Waals surface area contributed by atoms with E-state index in [-0.39, 0.29) is 0 Å². The molecule has 1 rings (SSSR count). The number of thiophene rings is 1. The Morgan fingerprint density at radius 3 is 2.53 bits per heavy atom. The van der Waals surface area contributed by atoms with Gasteiger partial charge in [-0.15, -0.1) is 11.3 Å². The minimum Gasteiger partial charge on any atom is -0.315 e. The van der Waals surface area contributed by atoms with Crippen LogP contribution in [0.1, 0.15) is 30.5 Å². The highest BCUT2D eigenvalue weighted by atomic mass is 32.2. The van der Waals surface area contributed by atoms with Gasteiger partial charge in [-0.2, -0.15) is 4.31 Å². The summed E-state index contributed by atoms with van der Waals surface area (Å²) in [5.41, 5.74) is 0. The van der Waals surface area contributed by atoms with E-state index in [1.807, 2.05) is 34.7 Å². The molecule has 4 nitrogen and oxygen atoms in total. The van der Waals surface area contributed by atoms with E-state index in [4.69, 9.17) is 0 Å². The van der Waals surface area contributed by atoms with Gasteiger partial charge in [0.2, 0.25) is 10.0 Å². The zero-order chi connectivity index (χ0) is 14.6. The highest BCUT2D eigenvalue weighted by Crippen LogP contribution is 2.28.